The lowest BCUT2D eigenvalue weighted by Gasteiger charge is -2.47. The maximum Gasteiger partial charge on any atom is 0.311 e. The summed E-state index contributed by atoms with van der Waals surface area (Å²) in [5.74, 6) is 0.932. The van der Waals surface area contributed by atoms with Crippen molar-refractivity contribution in [2.24, 2.45) is 5.92 Å². The highest BCUT2D eigenvalue weighted by Gasteiger charge is 2.56. The third-order valence-electron chi connectivity index (χ3n) is 6.64. The van der Waals surface area contributed by atoms with E-state index in [0.29, 0.717) is 6.54 Å². The molecule has 1 aromatic carbocycles. The van der Waals surface area contributed by atoms with Gasteiger partial charge in [0.25, 0.3) is 0 Å². The first-order chi connectivity index (χ1) is 14.4. The van der Waals surface area contributed by atoms with Gasteiger partial charge in [-0.2, -0.15) is 0 Å². The average Bonchev–Trinajstić information content (AvgIpc) is 3.01. The second kappa shape index (κ2) is 9.08. The summed E-state index contributed by atoms with van der Waals surface area (Å²) in [6, 6.07) is 4.00. The van der Waals surface area contributed by atoms with Crippen LogP contribution in [0.4, 0.5) is 0 Å². The number of esters is 1. The molecule has 0 aromatic heterocycles. The molecular formula is C23H32N2O5. The van der Waals surface area contributed by atoms with Gasteiger partial charge < -0.3 is 19.1 Å². The highest BCUT2D eigenvalue weighted by Crippen LogP contribution is 2.44. The monoisotopic (exact) mass is 416 g/mol. The zero-order chi connectivity index (χ0) is 21.9. The summed E-state index contributed by atoms with van der Waals surface area (Å²) in [5, 5.41) is 0. The summed E-state index contributed by atoms with van der Waals surface area (Å²) in [6.07, 6.45) is 3.40. The SMILES string of the molecule is C=CCN1C(=O)CC(C(=O)OC)C12CCN(Cc1ccc(OC)c(C)c1OC)CC2. The Morgan fingerprint density at radius 2 is 1.93 bits per heavy atom. The molecule has 164 valence electrons. The molecule has 30 heavy (non-hydrogen) atoms. The third-order valence-corrected chi connectivity index (χ3v) is 6.64. The summed E-state index contributed by atoms with van der Waals surface area (Å²) < 4.78 is 16.1. The van der Waals surface area contributed by atoms with Crippen LogP contribution in [0.2, 0.25) is 0 Å². The van der Waals surface area contributed by atoms with E-state index in [1.54, 1.807) is 20.3 Å². The van der Waals surface area contributed by atoms with E-state index in [9.17, 15) is 9.59 Å². The zero-order valence-electron chi connectivity index (χ0n) is 18.4. The lowest BCUT2D eigenvalue weighted by atomic mass is 9.76. The Labute approximate surface area is 178 Å². The van der Waals surface area contributed by atoms with Crippen molar-refractivity contribution < 1.29 is 23.8 Å². The number of likely N-dealkylation sites (tertiary alicyclic amines) is 2. The lowest BCUT2D eigenvalue weighted by Crippen LogP contribution is -2.57. The molecule has 0 bridgehead atoms. The molecule has 1 atom stereocenters. The second-order valence-corrected chi connectivity index (χ2v) is 8.04. The summed E-state index contributed by atoms with van der Waals surface area (Å²) in [5.41, 5.74) is 1.59. The fourth-order valence-electron chi connectivity index (χ4n) is 5.09. The van der Waals surface area contributed by atoms with Gasteiger partial charge in [-0.05, 0) is 25.8 Å². The van der Waals surface area contributed by atoms with Crippen LogP contribution >= 0.6 is 0 Å². The van der Waals surface area contributed by atoms with Crippen LogP contribution in [0.1, 0.15) is 30.4 Å². The number of nitrogens with zero attached hydrogens (tertiary/aromatic N) is 2. The molecule has 2 saturated heterocycles. The third kappa shape index (κ3) is 3.78. The van der Waals surface area contributed by atoms with E-state index >= 15 is 0 Å². The maximum atomic E-state index is 12.7. The highest BCUT2D eigenvalue weighted by atomic mass is 16.5. The molecule has 7 heteroatoms. The van der Waals surface area contributed by atoms with E-state index in [0.717, 1.165) is 55.1 Å². The van der Waals surface area contributed by atoms with Crippen molar-refractivity contribution in [3.63, 3.8) is 0 Å². The molecule has 1 aromatic rings. The van der Waals surface area contributed by atoms with Crippen LogP contribution < -0.4 is 9.47 Å². The topological polar surface area (TPSA) is 68.3 Å². The van der Waals surface area contributed by atoms with Crippen molar-refractivity contribution in [2.45, 2.75) is 38.3 Å². The van der Waals surface area contributed by atoms with Gasteiger partial charge in [0.1, 0.15) is 11.5 Å². The van der Waals surface area contributed by atoms with E-state index < -0.39 is 11.5 Å². The summed E-state index contributed by atoms with van der Waals surface area (Å²) >= 11 is 0. The van der Waals surface area contributed by atoms with Gasteiger partial charge >= 0.3 is 5.97 Å². The van der Waals surface area contributed by atoms with Gasteiger partial charge in [0.15, 0.2) is 0 Å². The minimum Gasteiger partial charge on any atom is -0.496 e. The molecule has 1 amide bonds. The molecular weight excluding hydrogens is 384 g/mol. The molecule has 7 nitrogen and oxygen atoms in total. The molecule has 0 N–H and O–H groups in total. The fraction of sp³-hybridized carbons (Fsp3) is 0.565. The van der Waals surface area contributed by atoms with Crippen molar-refractivity contribution in [1.82, 2.24) is 9.80 Å². The Balaban J connectivity index is 1.78. The molecule has 1 unspecified atom stereocenters. The number of hydrogen-bond donors (Lipinski definition) is 0. The number of methoxy groups -OCH3 is 3. The normalized spacial score (nSPS) is 21.0. The maximum absolute atomic E-state index is 12.7. The number of benzene rings is 1. The van der Waals surface area contributed by atoms with Crippen molar-refractivity contribution >= 4 is 11.9 Å². The van der Waals surface area contributed by atoms with Crippen LogP contribution in [-0.2, 0) is 20.9 Å². The second-order valence-electron chi connectivity index (χ2n) is 8.04. The van der Waals surface area contributed by atoms with Crippen molar-refractivity contribution in [3.05, 3.63) is 35.9 Å². The van der Waals surface area contributed by atoms with Crippen LogP contribution in [0, 0.1) is 12.8 Å². The first kappa shape index (κ1) is 22.2. The van der Waals surface area contributed by atoms with Gasteiger partial charge in [0, 0.05) is 43.7 Å². The van der Waals surface area contributed by atoms with E-state index in [-0.39, 0.29) is 18.3 Å². The first-order valence-corrected chi connectivity index (χ1v) is 10.3. The molecule has 3 rings (SSSR count). The number of amides is 1. The van der Waals surface area contributed by atoms with E-state index in [1.807, 2.05) is 24.0 Å². The fourth-order valence-corrected chi connectivity index (χ4v) is 5.09. The quantitative estimate of drug-likeness (QED) is 0.503. The van der Waals surface area contributed by atoms with Gasteiger partial charge in [0.05, 0.1) is 32.8 Å². The Morgan fingerprint density at radius 3 is 2.50 bits per heavy atom. The van der Waals surface area contributed by atoms with E-state index in [2.05, 4.69) is 11.5 Å². The van der Waals surface area contributed by atoms with Crippen LogP contribution in [0.15, 0.2) is 24.8 Å². The van der Waals surface area contributed by atoms with Crippen LogP contribution in [0.3, 0.4) is 0 Å². The molecule has 0 aliphatic carbocycles. The largest absolute Gasteiger partial charge is 0.496 e. The van der Waals surface area contributed by atoms with Gasteiger partial charge in [-0.3, -0.25) is 14.5 Å². The van der Waals surface area contributed by atoms with Crippen LogP contribution in [0.25, 0.3) is 0 Å². The average molecular weight is 417 g/mol. The molecule has 0 radical (unpaired) electrons. The molecule has 1 spiro atoms. The summed E-state index contributed by atoms with van der Waals surface area (Å²) in [4.78, 5) is 29.3. The van der Waals surface area contributed by atoms with Gasteiger partial charge in [-0.15, -0.1) is 6.58 Å². The number of rotatable bonds is 7. The molecule has 2 heterocycles. The first-order valence-electron chi connectivity index (χ1n) is 10.3. The number of carbonyl (C=O) groups excluding carboxylic acids is 2. The zero-order valence-corrected chi connectivity index (χ0v) is 18.4. The minimum atomic E-state index is -0.491. The Hall–Kier alpha value is -2.54. The van der Waals surface area contributed by atoms with Crippen molar-refractivity contribution in [3.8, 4) is 11.5 Å². The minimum absolute atomic E-state index is 0.00574. The summed E-state index contributed by atoms with van der Waals surface area (Å²) in [7, 11) is 4.72. The van der Waals surface area contributed by atoms with Crippen molar-refractivity contribution in [2.75, 3.05) is 41.0 Å². The Morgan fingerprint density at radius 1 is 1.23 bits per heavy atom. The number of carbonyl (C=O) groups is 2. The Kier molecular flexibility index (Phi) is 6.71. The molecule has 2 fully saturated rings. The predicted octanol–water partition coefficient (Wildman–Crippen LogP) is 2.55. The number of ether oxygens (including phenoxy) is 3. The van der Waals surface area contributed by atoms with Crippen LogP contribution in [-0.4, -0.2) is 68.2 Å². The molecule has 0 saturated carbocycles. The molecule has 2 aliphatic rings. The van der Waals surface area contributed by atoms with Crippen molar-refractivity contribution in [1.29, 1.82) is 0 Å². The molecule has 2 aliphatic heterocycles. The van der Waals surface area contributed by atoms with E-state index in [4.69, 9.17) is 14.2 Å². The Bertz CT molecular complexity index is 814. The van der Waals surface area contributed by atoms with Gasteiger partial charge in [-0.25, -0.2) is 0 Å². The number of piperidine rings is 1. The highest BCUT2D eigenvalue weighted by molar-refractivity contribution is 5.89. The standard InChI is InChI=1S/C23H32N2O5/c1-6-11-25-20(26)14-18(22(27)30-5)23(25)9-12-24(13-10-23)15-17-7-8-19(28-3)16(2)21(17)29-4/h6-8,18H,1,9-15H2,2-5H3. The summed E-state index contributed by atoms with van der Waals surface area (Å²) in [6.45, 7) is 8.54. The predicted molar refractivity (Wildman–Crippen MR) is 114 cm³/mol. The van der Waals surface area contributed by atoms with Gasteiger partial charge in [-0.1, -0.05) is 12.1 Å². The van der Waals surface area contributed by atoms with Gasteiger partial charge in [0.2, 0.25) is 5.91 Å². The lowest BCUT2D eigenvalue weighted by molar-refractivity contribution is -0.150. The van der Waals surface area contributed by atoms with E-state index in [1.165, 1.54) is 7.11 Å². The number of hydrogen-bond acceptors (Lipinski definition) is 6. The van der Waals surface area contributed by atoms with Crippen LogP contribution in [0.5, 0.6) is 11.5 Å². The smallest absolute Gasteiger partial charge is 0.311 e.